The Labute approximate surface area is 101 Å². The fourth-order valence-electron chi connectivity index (χ4n) is 2.15. The molecule has 0 aromatic heterocycles. The molecule has 0 spiro atoms. The van der Waals surface area contributed by atoms with Gasteiger partial charge in [0.1, 0.15) is 0 Å². The second-order valence-corrected chi connectivity index (χ2v) is 4.47. The van der Waals surface area contributed by atoms with Gasteiger partial charge in [-0.25, -0.2) is 0 Å². The minimum atomic E-state index is -0.198. The SMILES string of the molecule is O=C1C=CCCN1C(=O)C=CC1CCNCC1. The first-order valence-corrected chi connectivity index (χ1v) is 6.18. The maximum absolute atomic E-state index is 11.8. The van der Waals surface area contributed by atoms with Crippen LogP contribution in [-0.4, -0.2) is 36.3 Å². The lowest BCUT2D eigenvalue weighted by Crippen LogP contribution is -2.37. The van der Waals surface area contributed by atoms with Crippen molar-refractivity contribution >= 4 is 11.8 Å². The van der Waals surface area contributed by atoms with Gasteiger partial charge in [0.2, 0.25) is 0 Å². The summed E-state index contributed by atoms with van der Waals surface area (Å²) < 4.78 is 0. The van der Waals surface area contributed by atoms with Gasteiger partial charge in [-0.2, -0.15) is 0 Å². The molecule has 0 unspecified atom stereocenters. The molecular formula is C13H18N2O2. The summed E-state index contributed by atoms with van der Waals surface area (Å²) in [6, 6.07) is 0. The number of carbonyl (C=O) groups is 2. The topological polar surface area (TPSA) is 49.4 Å². The van der Waals surface area contributed by atoms with Crippen LogP contribution in [0.2, 0.25) is 0 Å². The van der Waals surface area contributed by atoms with E-state index in [1.165, 1.54) is 11.0 Å². The number of hydrogen-bond donors (Lipinski definition) is 1. The van der Waals surface area contributed by atoms with Crippen LogP contribution in [0.3, 0.4) is 0 Å². The molecule has 92 valence electrons. The van der Waals surface area contributed by atoms with E-state index in [1.807, 2.05) is 12.2 Å². The van der Waals surface area contributed by atoms with Gasteiger partial charge in [-0.1, -0.05) is 12.2 Å². The molecule has 2 aliphatic rings. The number of imide groups is 1. The van der Waals surface area contributed by atoms with Crippen LogP contribution in [-0.2, 0) is 9.59 Å². The van der Waals surface area contributed by atoms with E-state index in [-0.39, 0.29) is 11.8 Å². The molecule has 2 heterocycles. The van der Waals surface area contributed by atoms with Gasteiger partial charge in [0.25, 0.3) is 11.8 Å². The lowest BCUT2D eigenvalue weighted by Gasteiger charge is -2.21. The third-order valence-corrected chi connectivity index (χ3v) is 3.21. The minimum absolute atomic E-state index is 0.183. The second-order valence-electron chi connectivity index (χ2n) is 4.47. The molecule has 0 bridgehead atoms. The van der Waals surface area contributed by atoms with Crippen molar-refractivity contribution in [2.24, 2.45) is 5.92 Å². The molecule has 0 atom stereocenters. The molecule has 0 aromatic carbocycles. The highest BCUT2D eigenvalue weighted by Crippen LogP contribution is 2.13. The Morgan fingerprint density at radius 3 is 2.88 bits per heavy atom. The van der Waals surface area contributed by atoms with E-state index in [0.717, 1.165) is 32.4 Å². The number of nitrogens with zero attached hydrogens (tertiary/aromatic N) is 1. The number of carbonyl (C=O) groups excluding carboxylic acids is 2. The van der Waals surface area contributed by atoms with Crippen molar-refractivity contribution in [1.29, 1.82) is 0 Å². The normalized spacial score (nSPS) is 22.4. The Kier molecular flexibility index (Phi) is 4.09. The number of hydrogen-bond acceptors (Lipinski definition) is 3. The molecule has 2 amide bonds. The first-order valence-electron chi connectivity index (χ1n) is 6.18. The predicted molar refractivity (Wildman–Crippen MR) is 65.2 cm³/mol. The van der Waals surface area contributed by atoms with Gasteiger partial charge in [0.05, 0.1) is 0 Å². The molecule has 17 heavy (non-hydrogen) atoms. The molecule has 1 N–H and O–H groups in total. The molecular weight excluding hydrogens is 216 g/mol. The Balaban J connectivity index is 1.89. The average molecular weight is 234 g/mol. The summed E-state index contributed by atoms with van der Waals surface area (Å²) in [5.74, 6) is 0.0877. The third-order valence-electron chi connectivity index (χ3n) is 3.21. The van der Waals surface area contributed by atoms with Crippen molar-refractivity contribution in [3.05, 3.63) is 24.3 Å². The maximum atomic E-state index is 11.8. The molecule has 4 nitrogen and oxygen atoms in total. The summed E-state index contributed by atoms with van der Waals surface area (Å²) in [5.41, 5.74) is 0. The number of piperidine rings is 1. The van der Waals surface area contributed by atoms with Gasteiger partial charge < -0.3 is 5.32 Å². The summed E-state index contributed by atoms with van der Waals surface area (Å²) in [7, 11) is 0. The molecule has 2 rings (SSSR count). The van der Waals surface area contributed by atoms with Crippen molar-refractivity contribution in [2.45, 2.75) is 19.3 Å². The zero-order valence-corrected chi connectivity index (χ0v) is 9.89. The van der Waals surface area contributed by atoms with Crippen molar-refractivity contribution in [3.8, 4) is 0 Å². The highest BCUT2D eigenvalue weighted by Gasteiger charge is 2.19. The van der Waals surface area contributed by atoms with Crippen LogP contribution in [0, 0.1) is 5.92 Å². The van der Waals surface area contributed by atoms with Crippen molar-refractivity contribution in [1.82, 2.24) is 10.2 Å². The quantitative estimate of drug-likeness (QED) is 0.721. The van der Waals surface area contributed by atoms with Gasteiger partial charge in [-0.15, -0.1) is 0 Å². The molecule has 1 saturated heterocycles. The van der Waals surface area contributed by atoms with Crippen LogP contribution >= 0.6 is 0 Å². The molecule has 4 heteroatoms. The molecule has 2 aliphatic heterocycles. The number of rotatable bonds is 2. The monoisotopic (exact) mass is 234 g/mol. The Bertz CT molecular complexity index is 354. The van der Waals surface area contributed by atoms with E-state index in [9.17, 15) is 9.59 Å². The molecule has 0 aliphatic carbocycles. The van der Waals surface area contributed by atoms with Crippen LogP contribution < -0.4 is 5.32 Å². The van der Waals surface area contributed by atoms with Crippen LogP contribution in [0.15, 0.2) is 24.3 Å². The first kappa shape index (κ1) is 12.0. The van der Waals surface area contributed by atoms with E-state index >= 15 is 0 Å². The number of amides is 2. The van der Waals surface area contributed by atoms with Gasteiger partial charge in [0.15, 0.2) is 0 Å². The maximum Gasteiger partial charge on any atom is 0.253 e. The zero-order valence-electron chi connectivity index (χ0n) is 9.89. The highest BCUT2D eigenvalue weighted by atomic mass is 16.2. The summed E-state index contributed by atoms with van der Waals surface area (Å²) in [5, 5.41) is 3.28. The number of nitrogens with one attached hydrogen (secondary N) is 1. The van der Waals surface area contributed by atoms with E-state index in [2.05, 4.69) is 5.32 Å². The van der Waals surface area contributed by atoms with Gasteiger partial charge in [0, 0.05) is 6.54 Å². The lowest BCUT2D eigenvalue weighted by atomic mass is 9.98. The highest BCUT2D eigenvalue weighted by molar-refractivity contribution is 6.05. The first-order chi connectivity index (χ1) is 8.27. The Morgan fingerprint density at radius 2 is 2.18 bits per heavy atom. The second kappa shape index (κ2) is 5.77. The van der Waals surface area contributed by atoms with Gasteiger partial charge >= 0.3 is 0 Å². The van der Waals surface area contributed by atoms with Crippen molar-refractivity contribution in [2.75, 3.05) is 19.6 Å². The van der Waals surface area contributed by atoms with Crippen LogP contribution in [0.1, 0.15) is 19.3 Å². The zero-order chi connectivity index (χ0) is 12.1. The summed E-state index contributed by atoms with van der Waals surface area (Å²) in [4.78, 5) is 24.6. The summed E-state index contributed by atoms with van der Waals surface area (Å²) >= 11 is 0. The van der Waals surface area contributed by atoms with Crippen LogP contribution in [0.5, 0.6) is 0 Å². The van der Waals surface area contributed by atoms with Gasteiger partial charge in [-0.05, 0) is 50.4 Å². The Morgan fingerprint density at radius 1 is 1.41 bits per heavy atom. The summed E-state index contributed by atoms with van der Waals surface area (Å²) in [6.45, 7) is 2.52. The van der Waals surface area contributed by atoms with Crippen molar-refractivity contribution in [3.63, 3.8) is 0 Å². The fourth-order valence-corrected chi connectivity index (χ4v) is 2.15. The minimum Gasteiger partial charge on any atom is -0.317 e. The lowest BCUT2D eigenvalue weighted by molar-refractivity contribution is -0.139. The fraction of sp³-hybridized carbons (Fsp3) is 0.538. The number of allylic oxidation sites excluding steroid dienone is 1. The van der Waals surface area contributed by atoms with E-state index < -0.39 is 0 Å². The van der Waals surface area contributed by atoms with Crippen LogP contribution in [0.4, 0.5) is 0 Å². The predicted octanol–water partition coefficient (Wildman–Crippen LogP) is 0.857. The Hall–Kier alpha value is -1.42. The average Bonchev–Trinajstić information content (AvgIpc) is 2.38. The van der Waals surface area contributed by atoms with Crippen molar-refractivity contribution < 1.29 is 9.59 Å². The van der Waals surface area contributed by atoms with Crippen LogP contribution in [0.25, 0.3) is 0 Å². The standard InChI is InChI=1S/C13H18N2O2/c16-12-3-1-2-10-15(12)13(17)5-4-11-6-8-14-9-7-11/h1,3-5,11,14H,2,6-10H2. The summed E-state index contributed by atoms with van der Waals surface area (Å²) in [6.07, 6.45) is 9.69. The smallest absolute Gasteiger partial charge is 0.253 e. The molecule has 0 radical (unpaired) electrons. The molecule has 0 saturated carbocycles. The van der Waals surface area contributed by atoms with E-state index in [0.29, 0.717) is 12.5 Å². The van der Waals surface area contributed by atoms with E-state index in [1.54, 1.807) is 6.08 Å². The molecule has 0 aromatic rings. The largest absolute Gasteiger partial charge is 0.317 e. The third kappa shape index (κ3) is 3.27. The molecule has 1 fully saturated rings. The van der Waals surface area contributed by atoms with Gasteiger partial charge in [-0.3, -0.25) is 14.5 Å². The van der Waals surface area contributed by atoms with E-state index in [4.69, 9.17) is 0 Å².